The van der Waals surface area contributed by atoms with Crippen molar-refractivity contribution in [1.82, 2.24) is 0 Å². The quantitative estimate of drug-likeness (QED) is 0.284. The Labute approximate surface area is 149 Å². The maximum absolute atomic E-state index is 4.04. The molecular weight excluding hydrogens is 389 g/mol. The van der Waals surface area contributed by atoms with Crippen molar-refractivity contribution < 1.29 is 28.5 Å². The van der Waals surface area contributed by atoms with E-state index in [0.29, 0.717) is 0 Å². The molecule has 0 spiro atoms. The zero-order valence-corrected chi connectivity index (χ0v) is 15.9. The van der Waals surface area contributed by atoms with E-state index in [1.807, 2.05) is 0 Å². The largest absolute Gasteiger partial charge is 1.00 e. The number of fused-ring (bicyclic) bond motifs is 1. The molecule has 0 radical (unpaired) electrons. The third kappa shape index (κ3) is 4.65. The van der Waals surface area contributed by atoms with Gasteiger partial charge in [-0.3, -0.25) is 0 Å². The van der Waals surface area contributed by atoms with E-state index in [0.717, 1.165) is 6.42 Å². The lowest BCUT2D eigenvalue weighted by Gasteiger charge is -2.12. The molecule has 0 N–H and O–H groups in total. The molecular formula is C18H24INS. The van der Waals surface area contributed by atoms with E-state index in [9.17, 15) is 0 Å². The topological polar surface area (TPSA) is 3.88 Å². The maximum atomic E-state index is 4.04. The predicted octanol–water partition coefficient (Wildman–Crippen LogP) is 2.45. The Morgan fingerprint density at radius 1 is 1.38 bits per heavy atom. The molecule has 21 heavy (non-hydrogen) atoms. The Bertz CT molecular complexity index is 600. The first kappa shape index (κ1) is 18.4. The molecule has 0 amide bonds. The van der Waals surface area contributed by atoms with Gasteiger partial charge in [-0.1, -0.05) is 32.4 Å². The molecule has 0 saturated carbocycles. The third-order valence-electron chi connectivity index (χ3n) is 3.78. The first-order valence-corrected chi connectivity index (χ1v) is 8.33. The van der Waals surface area contributed by atoms with Crippen LogP contribution in [0, 0.1) is 0 Å². The van der Waals surface area contributed by atoms with Crippen molar-refractivity contribution in [2.75, 3.05) is 0 Å². The SMILES string of the molecule is C=CC(C(=CC)CCCCC)[n+]1ccc2ccsc2c1.[I-]. The minimum atomic E-state index is 0. The highest BCUT2D eigenvalue weighted by molar-refractivity contribution is 7.17. The van der Waals surface area contributed by atoms with Gasteiger partial charge in [0, 0.05) is 11.5 Å². The zero-order valence-electron chi connectivity index (χ0n) is 12.9. The lowest BCUT2D eigenvalue weighted by Crippen LogP contribution is -3.00. The molecule has 0 aliphatic carbocycles. The molecule has 2 aromatic rings. The fraction of sp³-hybridized carbons (Fsp3) is 0.389. The highest BCUT2D eigenvalue weighted by Gasteiger charge is 2.19. The van der Waals surface area contributed by atoms with Crippen molar-refractivity contribution in [1.29, 1.82) is 0 Å². The molecule has 0 saturated heterocycles. The van der Waals surface area contributed by atoms with Crippen molar-refractivity contribution in [2.45, 2.75) is 45.6 Å². The van der Waals surface area contributed by atoms with Gasteiger partial charge in [0.1, 0.15) is 0 Å². The van der Waals surface area contributed by atoms with Crippen LogP contribution in [0.15, 0.2) is 54.2 Å². The van der Waals surface area contributed by atoms with E-state index < -0.39 is 0 Å². The lowest BCUT2D eigenvalue weighted by molar-refractivity contribution is -0.702. The van der Waals surface area contributed by atoms with Gasteiger partial charge in [0.15, 0.2) is 18.4 Å². The number of rotatable bonds is 7. The molecule has 2 rings (SSSR count). The van der Waals surface area contributed by atoms with E-state index in [1.54, 1.807) is 11.3 Å². The van der Waals surface area contributed by atoms with E-state index >= 15 is 0 Å². The van der Waals surface area contributed by atoms with Gasteiger partial charge in [-0.2, -0.15) is 4.57 Å². The van der Waals surface area contributed by atoms with Crippen LogP contribution in [0.1, 0.15) is 45.6 Å². The lowest BCUT2D eigenvalue weighted by atomic mass is 9.99. The Morgan fingerprint density at radius 3 is 2.86 bits per heavy atom. The molecule has 1 atom stereocenters. The fourth-order valence-corrected chi connectivity index (χ4v) is 3.41. The molecule has 1 nitrogen and oxygen atoms in total. The van der Waals surface area contributed by atoms with Gasteiger partial charge in [-0.05, 0) is 42.9 Å². The number of halogens is 1. The summed E-state index contributed by atoms with van der Waals surface area (Å²) < 4.78 is 3.62. The summed E-state index contributed by atoms with van der Waals surface area (Å²) in [5.74, 6) is 0. The number of unbranched alkanes of at least 4 members (excludes halogenated alkanes) is 2. The van der Waals surface area contributed by atoms with Crippen LogP contribution in [0.4, 0.5) is 0 Å². The number of thiophene rings is 1. The molecule has 0 fully saturated rings. The fourth-order valence-electron chi connectivity index (χ4n) is 2.60. The number of pyridine rings is 1. The van der Waals surface area contributed by atoms with Crippen molar-refractivity contribution >= 4 is 21.4 Å². The van der Waals surface area contributed by atoms with Crippen LogP contribution in [-0.4, -0.2) is 0 Å². The summed E-state index contributed by atoms with van der Waals surface area (Å²) in [7, 11) is 0. The van der Waals surface area contributed by atoms with Crippen LogP contribution in [0.25, 0.3) is 10.1 Å². The first-order valence-electron chi connectivity index (χ1n) is 7.45. The summed E-state index contributed by atoms with van der Waals surface area (Å²) in [6, 6.07) is 4.65. The molecule has 2 heterocycles. The number of aromatic nitrogens is 1. The van der Waals surface area contributed by atoms with E-state index in [-0.39, 0.29) is 30.0 Å². The summed E-state index contributed by atoms with van der Waals surface area (Å²) in [6.07, 6.45) is 13.7. The maximum Gasteiger partial charge on any atom is 0.197 e. The minimum Gasteiger partial charge on any atom is -1.00 e. The molecule has 0 aromatic carbocycles. The summed E-state index contributed by atoms with van der Waals surface area (Å²) in [5.41, 5.74) is 1.47. The van der Waals surface area contributed by atoms with Gasteiger partial charge in [-0.15, -0.1) is 11.3 Å². The monoisotopic (exact) mass is 413 g/mol. The van der Waals surface area contributed by atoms with Gasteiger partial charge < -0.3 is 24.0 Å². The second-order valence-corrected chi connectivity index (χ2v) is 6.08. The smallest absolute Gasteiger partial charge is 0.197 e. The first-order chi connectivity index (χ1) is 9.80. The van der Waals surface area contributed by atoms with Crippen molar-refractivity contribution in [3.63, 3.8) is 0 Å². The third-order valence-corrected chi connectivity index (χ3v) is 4.65. The van der Waals surface area contributed by atoms with E-state index in [1.165, 1.54) is 34.9 Å². The van der Waals surface area contributed by atoms with Gasteiger partial charge in [0.25, 0.3) is 0 Å². The van der Waals surface area contributed by atoms with Crippen LogP contribution >= 0.6 is 11.3 Å². The summed E-state index contributed by atoms with van der Waals surface area (Å²) in [5, 5.41) is 3.47. The van der Waals surface area contributed by atoms with Crippen LogP contribution < -0.4 is 28.5 Å². The average Bonchev–Trinajstić information content (AvgIpc) is 2.94. The van der Waals surface area contributed by atoms with Crippen LogP contribution in [0.5, 0.6) is 0 Å². The van der Waals surface area contributed by atoms with E-state index in [4.69, 9.17) is 0 Å². The molecule has 0 bridgehead atoms. The molecule has 1 unspecified atom stereocenters. The van der Waals surface area contributed by atoms with Crippen molar-refractivity contribution in [3.05, 3.63) is 54.2 Å². The Hall–Kier alpha value is -0.680. The van der Waals surface area contributed by atoms with Crippen molar-refractivity contribution in [2.24, 2.45) is 0 Å². The summed E-state index contributed by atoms with van der Waals surface area (Å²) in [4.78, 5) is 0. The predicted molar refractivity (Wildman–Crippen MR) is 89.2 cm³/mol. The Kier molecular flexibility index (Phi) is 8.19. The van der Waals surface area contributed by atoms with Gasteiger partial charge in [0.2, 0.25) is 0 Å². The summed E-state index contributed by atoms with van der Waals surface area (Å²) in [6.45, 7) is 8.43. The number of hydrogen-bond acceptors (Lipinski definition) is 1. The van der Waals surface area contributed by atoms with Crippen LogP contribution in [0.3, 0.4) is 0 Å². The van der Waals surface area contributed by atoms with Crippen molar-refractivity contribution in [3.8, 4) is 0 Å². The molecule has 0 aliphatic rings. The normalized spacial score (nSPS) is 13.0. The van der Waals surface area contributed by atoms with Crippen LogP contribution in [-0.2, 0) is 0 Å². The average molecular weight is 413 g/mol. The standard InChI is InChI=1S/C18H24NS.HI/c1-4-7-8-9-15(5-2)17(6-3)19-12-10-16-11-13-20-18(16)14-19;/h5-6,10-14,17H,3-4,7-9H2,1-2H3;1H/q+1;/p-1. The minimum absolute atomic E-state index is 0. The zero-order chi connectivity index (χ0) is 14.4. The molecule has 0 aliphatic heterocycles. The number of nitrogens with zero attached hydrogens (tertiary/aromatic N) is 1. The number of hydrogen-bond donors (Lipinski definition) is 0. The molecule has 3 heteroatoms. The van der Waals surface area contributed by atoms with Crippen LogP contribution in [0.2, 0.25) is 0 Å². The Morgan fingerprint density at radius 2 is 2.19 bits per heavy atom. The summed E-state index contributed by atoms with van der Waals surface area (Å²) >= 11 is 1.80. The highest BCUT2D eigenvalue weighted by Crippen LogP contribution is 2.22. The number of allylic oxidation sites excluding steroid dienone is 3. The van der Waals surface area contributed by atoms with Gasteiger partial charge in [-0.25, -0.2) is 0 Å². The molecule has 114 valence electrons. The van der Waals surface area contributed by atoms with E-state index in [2.05, 4.69) is 67.1 Å². The highest BCUT2D eigenvalue weighted by atomic mass is 127. The van der Waals surface area contributed by atoms with Gasteiger partial charge >= 0.3 is 0 Å². The van der Waals surface area contributed by atoms with Gasteiger partial charge in [0.05, 0.1) is 4.70 Å². The Balaban J connectivity index is 0.00000220. The second-order valence-electron chi connectivity index (χ2n) is 5.13. The molecule has 2 aromatic heterocycles. The second kappa shape index (κ2) is 9.36.